The lowest BCUT2D eigenvalue weighted by atomic mass is 10.3. The van der Waals surface area contributed by atoms with Crippen molar-refractivity contribution >= 4 is 58.0 Å². The lowest BCUT2D eigenvalue weighted by molar-refractivity contribution is 1.05. The Morgan fingerprint density at radius 3 is 2.18 bits per heavy atom. The van der Waals surface area contributed by atoms with Gasteiger partial charge in [0.1, 0.15) is 0 Å². The van der Waals surface area contributed by atoms with Crippen LogP contribution in [0.15, 0.2) is 18.2 Å². The molecule has 0 unspecified atom stereocenters. The summed E-state index contributed by atoms with van der Waals surface area (Å²) >= 11 is 23.1. The summed E-state index contributed by atoms with van der Waals surface area (Å²) in [6.07, 6.45) is 0. The molecule has 2 rings (SSSR count). The fourth-order valence-corrected chi connectivity index (χ4v) is 1.80. The summed E-state index contributed by atoms with van der Waals surface area (Å²) in [6.45, 7) is 0. The molecule has 1 N–H and O–H groups in total. The molecule has 0 saturated carbocycles. The topological polar surface area (TPSA) is 50.7 Å². The van der Waals surface area contributed by atoms with Crippen molar-refractivity contribution in [2.75, 3.05) is 5.32 Å². The Morgan fingerprint density at radius 1 is 0.882 bits per heavy atom. The van der Waals surface area contributed by atoms with E-state index in [4.69, 9.17) is 46.4 Å². The van der Waals surface area contributed by atoms with Crippen LogP contribution in [0.1, 0.15) is 0 Å². The summed E-state index contributed by atoms with van der Waals surface area (Å²) in [4.78, 5) is 11.3. The molecule has 8 heteroatoms. The lowest BCUT2D eigenvalue weighted by Gasteiger charge is -2.07. The van der Waals surface area contributed by atoms with Gasteiger partial charge in [0, 0.05) is 5.02 Å². The van der Waals surface area contributed by atoms with E-state index in [2.05, 4.69) is 20.3 Å². The van der Waals surface area contributed by atoms with Crippen LogP contribution >= 0.6 is 46.4 Å². The van der Waals surface area contributed by atoms with Crippen LogP contribution in [0.25, 0.3) is 0 Å². The predicted molar refractivity (Wildman–Crippen MR) is 69.6 cm³/mol. The van der Waals surface area contributed by atoms with Crippen LogP contribution in [-0.4, -0.2) is 15.0 Å². The molecule has 2 aromatic rings. The predicted octanol–water partition coefficient (Wildman–Crippen LogP) is 4.23. The minimum absolute atomic E-state index is 0.00866. The molecule has 4 nitrogen and oxygen atoms in total. The van der Waals surface area contributed by atoms with E-state index < -0.39 is 0 Å². The number of aromatic nitrogens is 3. The maximum absolute atomic E-state index is 5.97. The van der Waals surface area contributed by atoms with E-state index in [0.717, 1.165) is 0 Å². The first-order valence-corrected chi connectivity index (χ1v) is 5.85. The highest BCUT2D eigenvalue weighted by atomic mass is 35.5. The average Bonchev–Trinajstić information content (AvgIpc) is 2.22. The normalized spacial score (nSPS) is 10.4. The van der Waals surface area contributed by atoms with Gasteiger partial charge in [-0.25, -0.2) is 0 Å². The highest BCUT2D eigenvalue weighted by molar-refractivity contribution is 6.35. The second kappa shape index (κ2) is 5.23. The number of anilines is 2. The van der Waals surface area contributed by atoms with Crippen molar-refractivity contribution in [1.29, 1.82) is 0 Å². The van der Waals surface area contributed by atoms with Gasteiger partial charge in [-0.3, -0.25) is 0 Å². The highest BCUT2D eigenvalue weighted by Crippen LogP contribution is 2.27. The Bertz CT molecular complexity index is 540. The highest BCUT2D eigenvalue weighted by Gasteiger charge is 2.06. The number of nitrogens with one attached hydrogen (secondary N) is 1. The molecule has 88 valence electrons. The maximum Gasteiger partial charge on any atom is 0.232 e. The third-order valence-corrected chi connectivity index (χ3v) is 2.66. The number of rotatable bonds is 2. The van der Waals surface area contributed by atoms with Crippen molar-refractivity contribution in [3.8, 4) is 0 Å². The number of halogens is 4. The molecule has 0 atom stereocenters. The fourth-order valence-electron chi connectivity index (χ4n) is 1.10. The van der Waals surface area contributed by atoms with Gasteiger partial charge in [0.05, 0.1) is 10.7 Å². The zero-order valence-corrected chi connectivity index (χ0v) is 11.1. The van der Waals surface area contributed by atoms with Gasteiger partial charge < -0.3 is 5.32 Å². The molecule has 0 radical (unpaired) electrons. The second-order valence-corrected chi connectivity index (χ2v) is 4.47. The summed E-state index contributed by atoms with van der Waals surface area (Å²) < 4.78 is 0. The maximum atomic E-state index is 5.97. The first-order valence-electron chi connectivity index (χ1n) is 4.34. The molecular weight excluding hydrogens is 306 g/mol. The van der Waals surface area contributed by atoms with Crippen LogP contribution in [0.3, 0.4) is 0 Å². The van der Waals surface area contributed by atoms with Crippen LogP contribution in [0.2, 0.25) is 20.6 Å². The van der Waals surface area contributed by atoms with Crippen molar-refractivity contribution in [3.05, 3.63) is 38.8 Å². The van der Waals surface area contributed by atoms with Crippen LogP contribution < -0.4 is 5.32 Å². The first kappa shape index (κ1) is 12.6. The molecule has 0 aliphatic rings. The molecule has 0 saturated heterocycles. The largest absolute Gasteiger partial charge is 0.323 e. The van der Waals surface area contributed by atoms with E-state index in [9.17, 15) is 0 Å². The Hall–Kier alpha value is -0.810. The number of benzene rings is 1. The van der Waals surface area contributed by atoms with Gasteiger partial charge in [0.25, 0.3) is 0 Å². The molecule has 0 fully saturated rings. The number of hydrogen-bond acceptors (Lipinski definition) is 4. The van der Waals surface area contributed by atoms with Gasteiger partial charge >= 0.3 is 0 Å². The molecular formula is C9H4Cl4N4. The minimum atomic E-state index is -0.00866. The zero-order chi connectivity index (χ0) is 12.4. The molecule has 1 heterocycles. The van der Waals surface area contributed by atoms with E-state index in [0.29, 0.717) is 15.7 Å². The molecule has 1 aromatic heterocycles. The second-order valence-electron chi connectivity index (χ2n) is 2.95. The van der Waals surface area contributed by atoms with Crippen molar-refractivity contribution < 1.29 is 0 Å². The molecule has 0 aliphatic carbocycles. The number of nitrogens with zero attached hydrogens (tertiary/aromatic N) is 3. The Kier molecular flexibility index (Phi) is 3.89. The van der Waals surface area contributed by atoms with Gasteiger partial charge in [-0.15, -0.1) is 0 Å². The molecule has 0 bridgehead atoms. The summed E-state index contributed by atoms with van der Waals surface area (Å²) in [5.41, 5.74) is 0.553. The summed E-state index contributed by atoms with van der Waals surface area (Å²) in [5.74, 6) is 0.194. The van der Waals surface area contributed by atoms with E-state index in [1.807, 2.05) is 0 Å². The lowest BCUT2D eigenvalue weighted by Crippen LogP contribution is -1.99. The van der Waals surface area contributed by atoms with Crippen LogP contribution in [0.4, 0.5) is 11.6 Å². The smallest absolute Gasteiger partial charge is 0.232 e. The van der Waals surface area contributed by atoms with E-state index in [-0.39, 0.29) is 16.5 Å². The fraction of sp³-hybridized carbons (Fsp3) is 0. The van der Waals surface area contributed by atoms with Gasteiger partial charge in [0.15, 0.2) is 0 Å². The standard InChI is InChI=1S/C9H4Cl4N4/c10-4-1-2-5(11)6(3-4)14-9-16-7(12)15-8(13)17-9/h1-3H,(H,14,15,16,17). The Labute approximate surface area is 117 Å². The van der Waals surface area contributed by atoms with Crippen molar-refractivity contribution in [2.45, 2.75) is 0 Å². The third-order valence-electron chi connectivity index (χ3n) is 1.76. The summed E-state index contributed by atoms with van der Waals surface area (Å²) in [6, 6.07) is 4.95. The molecule has 0 amide bonds. The van der Waals surface area contributed by atoms with Crippen molar-refractivity contribution in [2.24, 2.45) is 0 Å². The van der Waals surface area contributed by atoms with Gasteiger partial charge in [0.2, 0.25) is 16.5 Å². The first-order chi connectivity index (χ1) is 8.04. The van der Waals surface area contributed by atoms with Crippen LogP contribution in [0, 0.1) is 0 Å². The van der Waals surface area contributed by atoms with E-state index in [1.54, 1.807) is 18.2 Å². The van der Waals surface area contributed by atoms with Crippen molar-refractivity contribution in [3.63, 3.8) is 0 Å². The van der Waals surface area contributed by atoms with E-state index in [1.165, 1.54) is 0 Å². The average molecular weight is 310 g/mol. The zero-order valence-electron chi connectivity index (χ0n) is 8.09. The van der Waals surface area contributed by atoms with Crippen LogP contribution in [-0.2, 0) is 0 Å². The molecule has 17 heavy (non-hydrogen) atoms. The Balaban J connectivity index is 2.34. The molecule has 0 aliphatic heterocycles. The summed E-state index contributed by atoms with van der Waals surface area (Å²) in [5, 5.41) is 3.83. The Morgan fingerprint density at radius 2 is 1.53 bits per heavy atom. The number of hydrogen-bond donors (Lipinski definition) is 1. The van der Waals surface area contributed by atoms with Gasteiger partial charge in [-0.05, 0) is 41.4 Å². The van der Waals surface area contributed by atoms with E-state index >= 15 is 0 Å². The van der Waals surface area contributed by atoms with Crippen LogP contribution in [0.5, 0.6) is 0 Å². The quantitative estimate of drug-likeness (QED) is 0.902. The third kappa shape index (κ3) is 3.33. The monoisotopic (exact) mass is 308 g/mol. The SMILES string of the molecule is Clc1ccc(Cl)c(Nc2nc(Cl)nc(Cl)n2)c1. The minimum Gasteiger partial charge on any atom is -0.323 e. The van der Waals surface area contributed by atoms with Gasteiger partial charge in [-0.1, -0.05) is 23.2 Å². The molecule has 0 spiro atoms. The van der Waals surface area contributed by atoms with Gasteiger partial charge in [-0.2, -0.15) is 15.0 Å². The van der Waals surface area contributed by atoms with Crippen molar-refractivity contribution in [1.82, 2.24) is 15.0 Å². The molecule has 1 aromatic carbocycles. The summed E-state index contributed by atoms with van der Waals surface area (Å²) in [7, 11) is 0.